The van der Waals surface area contributed by atoms with Crippen molar-refractivity contribution in [3.05, 3.63) is 131 Å². The number of rotatable bonds is 10. The van der Waals surface area contributed by atoms with Gasteiger partial charge in [-0.1, -0.05) is 98.1 Å². The summed E-state index contributed by atoms with van der Waals surface area (Å²) < 4.78 is 1.85. The third kappa shape index (κ3) is 7.76. The Bertz CT molecular complexity index is 1460. The van der Waals surface area contributed by atoms with Crippen molar-refractivity contribution >= 4 is 49.2 Å². The van der Waals surface area contributed by atoms with Crippen molar-refractivity contribution in [3.63, 3.8) is 0 Å². The molecule has 7 rings (SSSR count). The van der Waals surface area contributed by atoms with Gasteiger partial charge in [-0.3, -0.25) is 0 Å². The molecule has 0 aliphatic heterocycles. The standard InChI is InChI=1S/C43H53P3S/c1-8-22-36(23-9-1)44(37-24-10-2-11-25-37)43(45(38-26-12-3-13-27-38)39-28-14-4-15-29-39)47-46(40-30-16-5-17-31-40,41-32-18-6-19-33-41)42-34-20-7-21-35-42/h1-4,8-15,22-29,40-42H,5-7,16-21,30-35H2. The van der Waals surface area contributed by atoms with Gasteiger partial charge in [0, 0.05) is 9.67 Å². The second-order valence-electron chi connectivity index (χ2n) is 14.0. The molecule has 1 atom stereocenters. The van der Waals surface area contributed by atoms with Crippen LogP contribution in [0, 0.1) is 9.67 Å². The third-order valence-corrected chi connectivity index (χ3v) is 28.5. The Balaban J connectivity index is 1.51. The Kier molecular flexibility index (Phi) is 12.2. The molecule has 0 bridgehead atoms. The van der Waals surface area contributed by atoms with Gasteiger partial charge in [-0.15, -0.1) is 31.4 Å². The van der Waals surface area contributed by atoms with Gasteiger partial charge in [-0.05, 0) is 107 Å². The highest BCUT2D eigenvalue weighted by Crippen LogP contribution is 2.90. The summed E-state index contributed by atoms with van der Waals surface area (Å²) in [5.41, 5.74) is 2.82. The van der Waals surface area contributed by atoms with Gasteiger partial charge in [-0.2, -0.15) is 18.2 Å². The molecule has 0 radical (unpaired) electrons. The predicted molar refractivity (Wildman–Crippen MR) is 216 cm³/mol. The van der Waals surface area contributed by atoms with E-state index in [0.29, 0.717) is 0 Å². The van der Waals surface area contributed by atoms with Crippen molar-refractivity contribution in [1.29, 1.82) is 0 Å². The van der Waals surface area contributed by atoms with E-state index in [-0.39, 0.29) is 0 Å². The largest absolute Gasteiger partial charge is 0.170 e. The summed E-state index contributed by atoms with van der Waals surface area (Å²) in [5, 5.41) is 4.60. The Morgan fingerprint density at radius 2 is 0.957 bits per heavy atom. The normalized spacial score (nSPS) is 19.2. The summed E-state index contributed by atoms with van der Waals surface area (Å²) in [6.45, 7) is -1.46. The van der Waals surface area contributed by atoms with Crippen LogP contribution in [0.2, 0.25) is 0 Å². The van der Waals surface area contributed by atoms with Gasteiger partial charge in [0.2, 0.25) is 0 Å². The zero-order chi connectivity index (χ0) is 31.7. The van der Waals surface area contributed by atoms with E-state index >= 15 is 0 Å². The molecule has 47 heavy (non-hydrogen) atoms. The Morgan fingerprint density at radius 3 is 1.38 bits per heavy atom. The van der Waals surface area contributed by atoms with Crippen LogP contribution in [-0.4, -0.2) is 17.0 Å². The first-order valence-corrected chi connectivity index (χ1v) is 24.7. The van der Waals surface area contributed by atoms with Crippen molar-refractivity contribution in [2.24, 2.45) is 0 Å². The zero-order valence-corrected chi connectivity index (χ0v) is 31.6. The minimum atomic E-state index is -1.46. The van der Waals surface area contributed by atoms with E-state index in [1.54, 1.807) is 0 Å². The van der Waals surface area contributed by atoms with Crippen LogP contribution in [0.25, 0.3) is 0 Å². The summed E-state index contributed by atoms with van der Waals surface area (Å²) in [6, 6.07) is 47.0. The number of hydrogen-bond acceptors (Lipinski definition) is 1. The van der Waals surface area contributed by atoms with E-state index in [2.05, 4.69) is 133 Å². The molecule has 4 heteroatoms. The van der Waals surface area contributed by atoms with Gasteiger partial charge in [0.05, 0.1) is 23.4 Å². The Morgan fingerprint density at radius 1 is 0.532 bits per heavy atom. The van der Waals surface area contributed by atoms with Crippen molar-refractivity contribution in [3.8, 4) is 0 Å². The molecule has 3 saturated carbocycles. The first-order chi connectivity index (χ1) is 23.3. The topological polar surface area (TPSA) is 0 Å². The molecule has 4 aromatic carbocycles. The molecule has 0 amide bonds. The van der Waals surface area contributed by atoms with E-state index in [1.807, 2.05) is 4.73 Å². The van der Waals surface area contributed by atoms with Crippen LogP contribution in [0.4, 0.5) is 0 Å². The van der Waals surface area contributed by atoms with Crippen molar-refractivity contribution in [2.45, 2.75) is 113 Å². The summed E-state index contributed by atoms with van der Waals surface area (Å²) in [4.78, 5) is 1.53. The fraction of sp³-hybridized carbons (Fsp3) is 0.419. The molecule has 0 spiro atoms. The highest BCUT2D eigenvalue weighted by Gasteiger charge is 2.58. The smallest absolute Gasteiger partial charge is 0.116 e. The number of benzene rings is 4. The molecule has 3 aliphatic carbocycles. The Labute approximate surface area is 292 Å². The van der Waals surface area contributed by atoms with Crippen LogP contribution in [0.1, 0.15) is 96.3 Å². The lowest BCUT2D eigenvalue weighted by Crippen LogP contribution is -2.35. The summed E-state index contributed by atoms with van der Waals surface area (Å²) >= 11 is 2.64. The highest BCUT2D eigenvalue weighted by atomic mass is 32.7. The minimum absolute atomic E-state index is 0.692. The minimum Gasteiger partial charge on any atom is -0.170 e. The lowest BCUT2D eigenvalue weighted by Gasteiger charge is -2.52. The lowest BCUT2D eigenvalue weighted by atomic mass is 9.99. The molecular formula is C43H53P3S. The average molecular weight is 695 g/mol. The molecule has 4 aromatic rings. The molecule has 0 N–H and O–H groups in total. The van der Waals surface area contributed by atoms with Gasteiger partial charge in [-0.25, -0.2) is 0 Å². The van der Waals surface area contributed by atoms with Crippen LogP contribution < -0.4 is 15.9 Å². The molecular weight excluding hydrogens is 641 g/mol. The fourth-order valence-electron chi connectivity index (χ4n) is 8.94. The van der Waals surface area contributed by atoms with Crippen molar-refractivity contribution in [1.82, 2.24) is 0 Å². The maximum absolute atomic E-state index is 2.64. The first-order valence-electron chi connectivity index (χ1n) is 18.6. The van der Waals surface area contributed by atoms with E-state index < -0.39 is 21.9 Å². The molecule has 3 fully saturated rings. The molecule has 0 saturated heterocycles. The summed E-state index contributed by atoms with van der Waals surface area (Å²) in [5.74, 6) is 0. The molecule has 0 aromatic heterocycles. The maximum atomic E-state index is 2.64. The SMILES string of the molecule is c1ccc(P(c2ccccc2)[C-](S[P+](C2CCCCC2)(C2CCCCC2)C2CCCCC2)[P+](c2ccccc2)=c2cccc[cH-]2)cc1. The van der Waals surface area contributed by atoms with Gasteiger partial charge < -0.3 is 0 Å². The van der Waals surface area contributed by atoms with E-state index in [1.165, 1.54) is 117 Å². The molecule has 0 nitrogen and oxygen atoms in total. The van der Waals surface area contributed by atoms with Gasteiger partial charge in [0.25, 0.3) is 0 Å². The zero-order valence-electron chi connectivity index (χ0n) is 28.1. The van der Waals surface area contributed by atoms with Gasteiger partial charge >= 0.3 is 0 Å². The van der Waals surface area contributed by atoms with Crippen molar-refractivity contribution in [2.75, 3.05) is 0 Å². The van der Waals surface area contributed by atoms with Crippen LogP contribution in [-0.2, 0) is 0 Å². The molecule has 246 valence electrons. The molecule has 0 heterocycles. The van der Waals surface area contributed by atoms with E-state index in [9.17, 15) is 0 Å². The quantitative estimate of drug-likeness (QED) is 0.118. The first kappa shape index (κ1) is 33.9. The average Bonchev–Trinajstić information content (AvgIpc) is 3.17. The second-order valence-corrected chi connectivity index (χ2v) is 26.0. The number of hydrogen-bond donors (Lipinski definition) is 0. The summed E-state index contributed by atoms with van der Waals surface area (Å²) in [6.07, 6.45) is 22.1. The van der Waals surface area contributed by atoms with E-state index in [4.69, 9.17) is 0 Å². The van der Waals surface area contributed by atoms with Crippen LogP contribution in [0.5, 0.6) is 0 Å². The molecule has 1 unspecified atom stereocenters. The second kappa shape index (κ2) is 16.9. The van der Waals surface area contributed by atoms with Crippen LogP contribution in [0.3, 0.4) is 0 Å². The summed E-state index contributed by atoms with van der Waals surface area (Å²) in [7, 11) is -1.38. The maximum Gasteiger partial charge on any atom is 0.116 e. The van der Waals surface area contributed by atoms with E-state index in [0.717, 1.165) is 17.0 Å². The lowest BCUT2D eigenvalue weighted by molar-refractivity contribution is 0.458. The van der Waals surface area contributed by atoms with Gasteiger partial charge in [0.15, 0.2) is 0 Å². The van der Waals surface area contributed by atoms with Crippen LogP contribution in [0.15, 0.2) is 121 Å². The third-order valence-electron chi connectivity index (χ3n) is 11.1. The molecule has 3 aliphatic rings. The highest BCUT2D eigenvalue weighted by molar-refractivity contribution is 8.67. The van der Waals surface area contributed by atoms with Gasteiger partial charge in [0.1, 0.15) is 5.30 Å². The van der Waals surface area contributed by atoms with Crippen molar-refractivity contribution < 1.29 is 0 Å². The fourth-order valence-corrected chi connectivity index (χ4v) is 30.5. The monoisotopic (exact) mass is 694 g/mol. The van der Waals surface area contributed by atoms with Crippen LogP contribution >= 0.6 is 33.3 Å². The Hall–Kier alpha value is -1.61. The predicted octanol–water partition coefficient (Wildman–Crippen LogP) is 13.0.